The Hall–Kier alpha value is -2.34. The van der Waals surface area contributed by atoms with E-state index in [4.69, 9.17) is 0 Å². The van der Waals surface area contributed by atoms with Crippen molar-refractivity contribution in [3.05, 3.63) is 42.2 Å². The highest BCUT2D eigenvalue weighted by atomic mass is 15.3. The molecule has 134 valence electrons. The molecule has 1 saturated heterocycles. The lowest BCUT2D eigenvalue weighted by atomic mass is 10.2. The summed E-state index contributed by atoms with van der Waals surface area (Å²) in [7, 11) is 4.15. The molecule has 3 rings (SSSR count). The predicted octanol–water partition coefficient (Wildman–Crippen LogP) is 2.09. The minimum Gasteiger partial charge on any atom is -0.369 e. The van der Waals surface area contributed by atoms with Crippen molar-refractivity contribution in [2.24, 2.45) is 0 Å². The average Bonchev–Trinajstić information content (AvgIpc) is 2.62. The van der Waals surface area contributed by atoms with E-state index in [-0.39, 0.29) is 0 Å². The Morgan fingerprint density at radius 2 is 1.68 bits per heavy atom. The second kappa shape index (κ2) is 8.16. The summed E-state index contributed by atoms with van der Waals surface area (Å²) in [5.74, 6) is 2.75. The van der Waals surface area contributed by atoms with Crippen LogP contribution in [0.4, 0.5) is 17.3 Å². The molecule has 0 saturated carbocycles. The summed E-state index contributed by atoms with van der Waals surface area (Å²) in [5, 5.41) is 3.40. The topological polar surface area (TPSA) is 47.5 Å². The minimum absolute atomic E-state index is 0.815. The number of hydrogen-bond acceptors (Lipinski definition) is 6. The van der Waals surface area contributed by atoms with E-state index >= 15 is 0 Å². The first-order chi connectivity index (χ1) is 12.1. The van der Waals surface area contributed by atoms with Crippen LogP contribution in [-0.4, -0.2) is 68.2 Å². The molecule has 1 aromatic carbocycles. The second-order valence-electron chi connectivity index (χ2n) is 6.70. The molecule has 0 unspecified atom stereocenters. The lowest BCUT2D eigenvalue weighted by molar-refractivity contribution is 0.425. The van der Waals surface area contributed by atoms with Gasteiger partial charge in [-0.1, -0.05) is 18.2 Å². The summed E-state index contributed by atoms with van der Waals surface area (Å²) in [4.78, 5) is 16.1. The minimum atomic E-state index is 0.815. The molecule has 1 aliphatic heterocycles. The number of anilines is 3. The van der Waals surface area contributed by atoms with Gasteiger partial charge in [-0.15, -0.1) is 0 Å². The normalized spacial score (nSPS) is 14.9. The smallest absolute Gasteiger partial charge is 0.134 e. The monoisotopic (exact) mass is 340 g/mol. The summed E-state index contributed by atoms with van der Waals surface area (Å²) in [6.45, 7) is 7.79. The van der Waals surface area contributed by atoms with Crippen LogP contribution in [-0.2, 0) is 0 Å². The maximum absolute atomic E-state index is 4.64. The number of likely N-dealkylation sites (N-methyl/N-ethyl adjacent to an activating group) is 1. The molecule has 0 aliphatic carbocycles. The predicted molar refractivity (Wildman–Crippen MR) is 105 cm³/mol. The highest BCUT2D eigenvalue weighted by Gasteiger charge is 2.19. The van der Waals surface area contributed by atoms with Crippen molar-refractivity contribution < 1.29 is 0 Å². The lowest BCUT2D eigenvalue weighted by Crippen LogP contribution is -2.46. The third-order valence-corrected chi connectivity index (χ3v) is 4.41. The number of hydrogen-bond donors (Lipinski definition) is 1. The number of nitrogens with zero attached hydrogens (tertiary/aromatic N) is 5. The molecule has 1 fully saturated rings. The van der Waals surface area contributed by atoms with Crippen LogP contribution in [0, 0.1) is 6.92 Å². The SMILES string of the molecule is Cc1nc(NCCN(C)C)cc(N2CCN(c3ccccc3)CC2)n1. The van der Waals surface area contributed by atoms with Crippen LogP contribution in [0.1, 0.15) is 5.82 Å². The van der Waals surface area contributed by atoms with Crippen LogP contribution in [0.25, 0.3) is 0 Å². The van der Waals surface area contributed by atoms with Crippen molar-refractivity contribution in [2.45, 2.75) is 6.92 Å². The Morgan fingerprint density at radius 1 is 1.00 bits per heavy atom. The molecule has 6 heteroatoms. The van der Waals surface area contributed by atoms with E-state index < -0.39 is 0 Å². The number of para-hydroxylation sites is 1. The Labute approximate surface area is 150 Å². The summed E-state index contributed by atoms with van der Waals surface area (Å²) >= 11 is 0. The molecule has 25 heavy (non-hydrogen) atoms. The van der Waals surface area contributed by atoms with Crippen LogP contribution >= 0.6 is 0 Å². The highest BCUT2D eigenvalue weighted by Crippen LogP contribution is 2.20. The van der Waals surface area contributed by atoms with Gasteiger partial charge in [0.15, 0.2) is 0 Å². The summed E-state index contributed by atoms with van der Waals surface area (Å²) in [5.41, 5.74) is 1.30. The number of aromatic nitrogens is 2. The van der Waals surface area contributed by atoms with Crippen LogP contribution in [0.2, 0.25) is 0 Å². The molecule has 0 bridgehead atoms. The van der Waals surface area contributed by atoms with E-state index in [9.17, 15) is 0 Å². The first kappa shape index (κ1) is 17.5. The van der Waals surface area contributed by atoms with Gasteiger partial charge in [0.1, 0.15) is 17.5 Å². The van der Waals surface area contributed by atoms with E-state index in [1.54, 1.807) is 0 Å². The van der Waals surface area contributed by atoms with Gasteiger partial charge in [-0.05, 0) is 33.2 Å². The Kier molecular flexibility index (Phi) is 5.71. The summed E-state index contributed by atoms with van der Waals surface area (Å²) in [6.07, 6.45) is 0. The summed E-state index contributed by atoms with van der Waals surface area (Å²) in [6, 6.07) is 12.7. The van der Waals surface area contributed by atoms with Gasteiger partial charge in [-0.25, -0.2) is 9.97 Å². The molecule has 2 heterocycles. The van der Waals surface area contributed by atoms with Gasteiger partial charge in [0.2, 0.25) is 0 Å². The van der Waals surface area contributed by atoms with Crippen molar-refractivity contribution in [1.82, 2.24) is 14.9 Å². The van der Waals surface area contributed by atoms with Crippen molar-refractivity contribution in [3.63, 3.8) is 0 Å². The molecule has 2 aromatic rings. The van der Waals surface area contributed by atoms with Gasteiger partial charge in [0.25, 0.3) is 0 Å². The van der Waals surface area contributed by atoms with Crippen LogP contribution in [0.3, 0.4) is 0 Å². The standard InChI is InChI=1S/C19H28N6/c1-16-21-18(20-9-10-23(2)3)15-19(22-16)25-13-11-24(12-14-25)17-7-5-4-6-8-17/h4-8,15H,9-14H2,1-3H3,(H,20,21,22). The van der Waals surface area contributed by atoms with Gasteiger partial charge >= 0.3 is 0 Å². The number of aryl methyl sites for hydroxylation is 1. The molecule has 1 aromatic heterocycles. The van der Waals surface area contributed by atoms with Crippen LogP contribution < -0.4 is 15.1 Å². The fourth-order valence-electron chi connectivity index (χ4n) is 3.04. The third kappa shape index (κ3) is 4.82. The number of rotatable bonds is 6. The van der Waals surface area contributed by atoms with E-state index in [1.165, 1.54) is 5.69 Å². The maximum Gasteiger partial charge on any atom is 0.134 e. The summed E-state index contributed by atoms with van der Waals surface area (Å²) < 4.78 is 0. The van der Waals surface area contributed by atoms with Gasteiger partial charge in [-0.3, -0.25) is 0 Å². The van der Waals surface area contributed by atoms with Gasteiger partial charge in [-0.2, -0.15) is 0 Å². The molecule has 1 aliphatic rings. The fraction of sp³-hybridized carbons (Fsp3) is 0.474. The third-order valence-electron chi connectivity index (χ3n) is 4.41. The van der Waals surface area contributed by atoms with E-state index in [0.717, 1.165) is 56.7 Å². The van der Waals surface area contributed by atoms with Crippen molar-refractivity contribution in [2.75, 3.05) is 68.5 Å². The van der Waals surface area contributed by atoms with Gasteiger partial charge < -0.3 is 20.0 Å². The van der Waals surface area contributed by atoms with E-state index in [2.05, 4.69) is 80.5 Å². The van der Waals surface area contributed by atoms with E-state index in [0.29, 0.717) is 0 Å². The second-order valence-corrected chi connectivity index (χ2v) is 6.70. The molecular weight excluding hydrogens is 312 g/mol. The van der Waals surface area contributed by atoms with E-state index in [1.807, 2.05) is 6.92 Å². The molecule has 0 atom stereocenters. The number of piperazine rings is 1. The Bertz CT molecular complexity index is 665. The molecule has 1 N–H and O–H groups in total. The molecule has 6 nitrogen and oxygen atoms in total. The molecular formula is C19H28N6. The first-order valence-corrected chi connectivity index (χ1v) is 8.91. The zero-order valence-electron chi connectivity index (χ0n) is 15.4. The Balaban J connectivity index is 1.61. The first-order valence-electron chi connectivity index (χ1n) is 8.91. The van der Waals surface area contributed by atoms with Crippen molar-refractivity contribution in [3.8, 4) is 0 Å². The highest BCUT2D eigenvalue weighted by molar-refractivity contribution is 5.52. The number of benzene rings is 1. The largest absolute Gasteiger partial charge is 0.369 e. The maximum atomic E-state index is 4.64. The van der Waals surface area contributed by atoms with Gasteiger partial charge in [0.05, 0.1) is 0 Å². The number of nitrogens with one attached hydrogen (secondary N) is 1. The zero-order chi connectivity index (χ0) is 17.6. The quantitative estimate of drug-likeness (QED) is 0.869. The lowest BCUT2D eigenvalue weighted by Gasteiger charge is -2.36. The van der Waals surface area contributed by atoms with Crippen molar-refractivity contribution in [1.29, 1.82) is 0 Å². The van der Waals surface area contributed by atoms with Crippen molar-refractivity contribution >= 4 is 17.3 Å². The zero-order valence-corrected chi connectivity index (χ0v) is 15.4. The van der Waals surface area contributed by atoms with Gasteiger partial charge in [0, 0.05) is 51.0 Å². The fourth-order valence-corrected chi connectivity index (χ4v) is 3.04. The average molecular weight is 340 g/mol. The van der Waals surface area contributed by atoms with Crippen LogP contribution in [0.15, 0.2) is 36.4 Å². The molecule has 0 spiro atoms. The molecule has 0 amide bonds. The Morgan fingerprint density at radius 3 is 2.36 bits per heavy atom. The van der Waals surface area contributed by atoms with Crippen LogP contribution in [0.5, 0.6) is 0 Å². The molecule has 0 radical (unpaired) electrons.